The number of benzene rings is 8. The van der Waals surface area contributed by atoms with Crippen LogP contribution in [-0.2, 0) is 0 Å². The van der Waals surface area contributed by atoms with Crippen molar-refractivity contribution in [2.24, 2.45) is 0 Å². The lowest BCUT2D eigenvalue weighted by Crippen LogP contribution is -2.00. The van der Waals surface area contributed by atoms with Gasteiger partial charge in [-0.25, -0.2) is 4.68 Å². The van der Waals surface area contributed by atoms with Crippen molar-refractivity contribution in [3.05, 3.63) is 188 Å². The predicted molar refractivity (Wildman–Crippen MR) is 228 cm³/mol. The molecule has 262 valence electrons. The summed E-state index contributed by atoms with van der Waals surface area (Å²) in [6, 6.07) is 66.2. The summed E-state index contributed by atoms with van der Waals surface area (Å²) < 4.78 is 13.3. The molecule has 56 heavy (non-hydrogen) atoms. The molecule has 12 aromatic rings. The zero-order chi connectivity index (χ0) is 36.7. The van der Waals surface area contributed by atoms with E-state index < -0.39 is 0 Å². The highest BCUT2D eigenvalue weighted by molar-refractivity contribution is 6.24. The van der Waals surface area contributed by atoms with Gasteiger partial charge in [-0.2, -0.15) is 0 Å². The van der Waals surface area contributed by atoms with E-state index in [2.05, 4.69) is 155 Å². The van der Waals surface area contributed by atoms with E-state index >= 15 is 0 Å². The van der Waals surface area contributed by atoms with Crippen LogP contribution in [0.5, 0.6) is 0 Å². The van der Waals surface area contributed by atoms with Crippen molar-refractivity contribution in [2.75, 3.05) is 0 Å². The third-order valence-electron chi connectivity index (χ3n) is 11.2. The van der Waals surface area contributed by atoms with Crippen LogP contribution in [-0.4, -0.2) is 24.1 Å². The van der Waals surface area contributed by atoms with Crippen LogP contribution in [0.15, 0.2) is 192 Å². The minimum absolute atomic E-state index is 0.836. The Morgan fingerprint density at radius 1 is 0.393 bits per heavy atom. The maximum absolute atomic E-state index is 6.59. The molecule has 0 spiro atoms. The number of fused-ring (bicyclic) bond motifs is 10. The second-order valence-corrected chi connectivity index (χ2v) is 14.3. The van der Waals surface area contributed by atoms with Gasteiger partial charge in [0.1, 0.15) is 22.6 Å². The summed E-state index contributed by atoms with van der Waals surface area (Å²) in [5.41, 5.74) is 13.2. The van der Waals surface area contributed by atoms with Crippen molar-refractivity contribution in [1.82, 2.24) is 24.1 Å². The van der Waals surface area contributed by atoms with Crippen molar-refractivity contribution in [1.29, 1.82) is 0 Å². The van der Waals surface area contributed by atoms with E-state index in [-0.39, 0.29) is 0 Å². The number of para-hydroxylation sites is 4. The van der Waals surface area contributed by atoms with Gasteiger partial charge in [0, 0.05) is 49.4 Å². The lowest BCUT2D eigenvalue weighted by Gasteiger charge is -2.14. The Morgan fingerprint density at radius 3 is 1.80 bits per heavy atom. The number of rotatable bonds is 5. The summed E-state index contributed by atoms with van der Waals surface area (Å²) in [7, 11) is 0. The summed E-state index contributed by atoms with van der Waals surface area (Å²) in [4.78, 5) is 0. The molecule has 4 heterocycles. The Hall–Kier alpha value is -7.70. The Labute approximate surface area is 320 Å². The van der Waals surface area contributed by atoms with Gasteiger partial charge in [0.05, 0.1) is 33.1 Å². The SMILES string of the molecule is c1ccc(-c2nnn(-c3ccccc3)c2-c2ccc3c4ccccc4n(-c4cccc(-n5c6ccccc6c6c7oc8ccccc8c7ccc65)c4)c3c2)cc1. The number of hydrogen-bond acceptors (Lipinski definition) is 3. The summed E-state index contributed by atoms with van der Waals surface area (Å²) in [6.45, 7) is 0. The maximum Gasteiger partial charge on any atom is 0.145 e. The molecule has 0 aliphatic rings. The van der Waals surface area contributed by atoms with Gasteiger partial charge in [0.2, 0.25) is 0 Å². The van der Waals surface area contributed by atoms with Gasteiger partial charge in [-0.15, -0.1) is 5.10 Å². The molecule has 0 N–H and O–H groups in total. The minimum Gasteiger partial charge on any atom is -0.455 e. The lowest BCUT2D eigenvalue weighted by atomic mass is 10.0. The van der Waals surface area contributed by atoms with E-state index in [1.165, 1.54) is 10.8 Å². The smallest absolute Gasteiger partial charge is 0.145 e. The molecule has 6 heteroatoms. The molecule has 0 amide bonds. The minimum atomic E-state index is 0.836. The van der Waals surface area contributed by atoms with Gasteiger partial charge in [-0.1, -0.05) is 127 Å². The highest BCUT2D eigenvalue weighted by Crippen LogP contribution is 2.42. The molecular weight excluding hydrogens is 687 g/mol. The largest absolute Gasteiger partial charge is 0.455 e. The van der Waals surface area contributed by atoms with Crippen LogP contribution >= 0.6 is 0 Å². The fourth-order valence-electron chi connectivity index (χ4n) is 8.76. The van der Waals surface area contributed by atoms with Gasteiger partial charge < -0.3 is 13.6 Å². The molecule has 0 bridgehead atoms. The van der Waals surface area contributed by atoms with E-state index in [4.69, 9.17) is 14.7 Å². The standard InChI is InChI=1S/C50H31N5O/c1-3-14-32(15-4-1)48-49(55(52-51-48)34-16-5-2-6-17-34)33-26-27-38-37-20-7-10-23-42(37)54(45(38)30-33)36-19-13-18-35(31-36)53-43-24-11-8-22-41(43)47-44(53)29-28-40-39-21-9-12-25-46(39)56-50(40)47/h1-31H. The molecule has 6 nitrogen and oxygen atoms in total. The third kappa shape index (κ3) is 4.44. The molecule has 8 aromatic carbocycles. The number of aromatic nitrogens is 5. The molecule has 0 unspecified atom stereocenters. The molecular formula is C50H31N5O. The number of nitrogens with zero attached hydrogens (tertiary/aromatic N) is 5. The maximum atomic E-state index is 6.59. The topological polar surface area (TPSA) is 53.7 Å². The van der Waals surface area contributed by atoms with Crippen LogP contribution in [0.2, 0.25) is 0 Å². The van der Waals surface area contributed by atoms with E-state index in [0.717, 1.165) is 94.4 Å². The van der Waals surface area contributed by atoms with Crippen LogP contribution in [0.3, 0.4) is 0 Å². The highest BCUT2D eigenvalue weighted by atomic mass is 16.3. The average molecular weight is 718 g/mol. The van der Waals surface area contributed by atoms with Crippen molar-refractivity contribution in [3.63, 3.8) is 0 Å². The van der Waals surface area contributed by atoms with Gasteiger partial charge in [-0.3, -0.25) is 0 Å². The zero-order valence-corrected chi connectivity index (χ0v) is 30.0. The van der Waals surface area contributed by atoms with E-state index in [1.807, 2.05) is 47.1 Å². The van der Waals surface area contributed by atoms with E-state index in [9.17, 15) is 0 Å². The van der Waals surface area contributed by atoms with Gasteiger partial charge in [0.15, 0.2) is 0 Å². The summed E-state index contributed by atoms with van der Waals surface area (Å²) in [5.74, 6) is 0. The van der Waals surface area contributed by atoms with Crippen LogP contribution in [0.25, 0.3) is 105 Å². The van der Waals surface area contributed by atoms with Crippen LogP contribution in [0.4, 0.5) is 0 Å². The Bertz CT molecular complexity index is 3420. The summed E-state index contributed by atoms with van der Waals surface area (Å²) in [5, 5.41) is 16.4. The van der Waals surface area contributed by atoms with Crippen molar-refractivity contribution >= 4 is 65.6 Å². The Balaban J connectivity index is 1.10. The zero-order valence-electron chi connectivity index (χ0n) is 30.0. The predicted octanol–water partition coefficient (Wildman–Crippen LogP) is 12.7. The average Bonchev–Trinajstić information content (AvgIpc) is 4.03. The van der Waals surface area contributed by atoms with Crippen molar-refractivity contribution in [3.8, 4) is 39.6 Å². The normalized spacial score (nSPS) is 11.9. The van der Waals surface area contributed by atoms with Gasteiger partial charge >= 0.3 is 0 Å². The van der Waals surface area contributed by atoms with E-state index in [1.54, 1.807) is 0 Å². The first-order chi connectivity index (χ1) is 27.8. The molecule has 0 aliphatic heterocycles. The van der Waals surface area contributed by atoms with Gasteiger partial charge in [-0.05, 0) is 66.7 Å². The molecule has 0 saturated carbocycles. The molecule has 4 aromatic heterocycles. The number of furan rings is 1. The third-order valence-corrected chi connectivity index (χ3v) is 11.2. The molecule has 0 radical (unpaired) electrons. The molecule has 0 fully saturated rings. The Morgan fingerprint density at radius 2 is 1.00 bits per heavy atom. The Kier molecular flexibility index (Phi) is 6.53. The highest BCUT2D eigenvalue weighted by Gasteiger charge is 2.22. The second-order valence-electron chi connectivity index (χ2n) is 14.3. The monoisotopic (exact) mass is 717 g/mol. The van der Waals surface area contributed by atoms with E-state index in [0.29, 0.717) is 0 Å². The molecule has 12 rings (SSSR count). The molecule has 0 saturated heterocycles. The van der Waals surface area contributed by atoms with Crippen LogP contribution < -0.4 is 0 Å². The molecule has 0 aliphatic carbocycles. The van der Waals surface area contributed by atoms with Crippen LogP contribution in [0.1, 0.15) is 0 Å². The van der Waals surface area contributed by atoms with Crippen molar-refractivity contribution < 1.29 is 4.42 Å². The number of hydrogen-bond donors (Lipinski definition) is 0. The fourth-order valence-corrected chi connectivity index (χ4v) is 8.76. The second kappa shape index (κ2) is 11.9. The first kappa shape index (κ1) is 30.7. The summed E-state index contributed by atoms with van der Waals surface area (Å²) in [6.07, 6.45) is 0. The first-order valence-corrected chi connectivity index (χ1v) is 18.8. The fraction of sp³-hybridized carbons (Fsp3) is 0. The van der Waals surface area contributed by atoms with Gasteiger partial charge in [0.25, 0.3) is 0 Å². The molecule has 0 atom stereocenters. The van der Waals surface area contributed by atoms with Crippen LogP contribution in [0, 0.1) is 0 Å². The summed E-state index contributed by atoms with van der Waals surface area (Å²) >= 11 is 0. The van der Waals surface area contributed by atoms with Crippen molar-refractivity contribution in [2.45, 2.75) is 0 Å². The quantitative estimate of drug-likeness (QED) is 0.178. The lowest BCUT2D eigenvalue weighted by molar-refractivity contribution is 0.673. The first-order valence-electron chi connectivity index (χ1n) is 18.8.